The molecule has 0 amide bonds. The maximum Gasteiger partial charge on any atom is 0.335 e. The summed E-state index contributed by atoms with van der Waals surface area (Å²) in [7, 11) is 0. The van der Waals surface area contributed by atoms with Crippen LogP contribution < -0.4 is 0 Å². The summed E-state index contributed by atoms with van der Waals surface area (Å²) in [5.41, 5.74) is 0.858. The Morgan fingerprint density at radius 2 is 0.600 bits per heavy atom. The first-order valence-electron chi connectivity index (χ1n) is 24.4. The van der Waals surface area contributed by atoms with Gasteiger partial charge in [-0.2, -0.15) is 0 Å². The van der Waals surface area contributed by atoms with E-state index in [-0.39, 0.29) is 18.8 Å². The number of carbonyl (C=O) groups is 3. The molecular formula is C51H92O9. The van der Waals surface area contributed by atoms with Gasteiger partial charge < -0.3 is 28.4 Å². The smallest absolute Gasteiger partial charge is 0.335 e. The second-order valence-electron chi connectivity index (χ2n) is 17.1. The summed E-state index contributed by atoms with van der Waals surface area (Å²) in [4.78, 5) is 38.2. The summed E-state index contributed by atoms with van der Waals surface area (Å²) < 4.78 is 36.4. The highest BCUT2D eigenvalue weighted by Gasteiger charge is 2.26. The van der Waals surface area contributed by atoms with Crippen LogP contribution in [0.4, 0.5) is 0 Å². The zero-order chi connectivity index (χ0) is 44.6. The molecular weight excluding hydrogens is 757 g/mol. The fourth-order valence-electron chi connectivity index (χ4n) is 6.80. The molecule has 0 aromatic rings. The van der Waals surface area contributed by atoms with E-state index in [2.05, 4.69) is 40.5 Å². The zero-order valence-electron chi connectivity index (χ0n) is 39.7. The number of ether oxygens (including phenoxy) is 6. The lowest BCUT2D eigenvalue weighted by Crippen LogP contribution is -2.37. The van der Waals surface area contributed by atoms with Gasteiger partial charge in [0, 0.05) is 36.0 Å². The van der Waals surface area contributed by atoms with Crippen LogP contribution >= 0.6 is 0 Å². The molecule has 0 bridgehead atoms. The van der Waals surface area contributed by atoms with Crippen molar-refractivity contribution in [1.82, 2.24) is 0 Å². The number of hydrogen-bond donors (Lipinski definition) is 0. The van der Waals surface area contributed by atoms with Crippen LogP contribution in [0.1, 0.15) is 234 Å². The van der Waals surface area contributed by atoms with Crippen molar-refractivity contribution < 1.29 is 42.8 Å². The van der Waals surface area contributed by atoms with Gasteiger partial charge in [0.25, 0.3) is 0 Å². The lowest BCUT2D eigenvalue weighted by Gasteiger charge is -2.28. The highest BCUT2D eigenvalue weighted by molar-refractivity contribution is 5.87. The molecule has 3 unspecified atom stereocenters. The van der Waals surface area contributed by atoms with Crippen LogP contribution in [0.3, 0.4) is 0 Å². The van der Waals surface area contributed by atoms with E-state index in [1.807, 2.05) is 0 Å². The Kier molecular flexibility index (Phi) is 38.9. The summed E-state index contributed by atoms with van der Waals surface area (Å²) in [5.74, 6) is -1.57. The number of carbonyl (C=O) groups excluding carboxylic acids is 3. The van der Waals surface area contributed by atoms with E-state index in [0.29, 0.717) is 30.4 Å². The van der Waals surface area contributed by atoms with Crippen LogP contribution in [-0.4, -0.2) is 56.1 Å². The van der Waals surface area contributed by atoms with Gasteiger partial charge in [0.15, 0.2) is 0 Å². The van der Waals surface area contributed by atoms with Crippen molar-refractivity contribution in [2.24, 2.45) is 0 Å². The first-order chi connectivity index (χ1) is 28.9. The third-order valence-corrected chi connectivity index (χ3v) is 10.7. The van der Waals surface area contributed by atoms with Crippen molar-refractivity contribution in [3.63, 3.8) is 0 Å². The maximum atomic E-state index is 12.8. The molecule has 0 fully saturated rings. The molecule has 0 aliphatic heterocycles. The Morgan fingerprint density at radius 3 is 0.867 bits per heavy atom. The Hall–Kier alpha value is -2.49. The molecule has 0 spiro atoms. The fraction of sp³-hybridized carbons (Fsp3) is 0.824. The predicted octanol–water partition coefficient (Wildman–Crippen LogP) is 14.5. The first kappa shape index (κ1) is 57.5. The topological polar surface area (TPSA) is 107 Å². The van der Waals surface area contributed by atoms with E-state index in [1.165, 1.54) is 116 Å². The van der Waals surface area contributed by atoms with Crippen molar-refractivity contribution in [2.75, 3.05) is 13.2 Å². The second kappa shape index (κ2) is 40.6. The van der Waals surface area contributed by atoms with Crippen LogP contribution in [0.2, 0.25) is 0 Å². The summed E-state index contributed by atoms with van der Waals surface area (Å²) in [6.07, 6.45) is 29.6. The molecule has 0 aliphatic rings. The third-order valence-electron chi connectivity index (χ3n) is 10.7. The van der Waals surface area contributed by atoms with Crippen LogP contribution in [0, 0.1) is 0 Å². The van der Waals surface area contributed by atoms with Gasteiger partial charge in [-0.1, -0.05) is 195 Å². The largest absolute Gasteiger partial charge is 0.432 e. The van der Waals surface area contributed by atoms with Gasteiger partial charge >= 0.3 is 17.9 Å². The highest BCUT2D eigenvalue weighted by Crippen LogP contribution is 2.20. The molecule has 9 heteroatoms. The summed E-state index contributed by atoms with van der Waals surface area (Å²) in [6.45, 7) is 22.8. The third kappa shape index (κ3) is 35.1. The van der Waals surface area contributed by atoms with Gasteiger partial charge in [0.2, 0.25) is 18.9 Å². The average Bonchev–Trinajstić information content (AvgIpc) is 3.21. The predicted molar refractivity (Wildman–Crippen MR) is 246 cm³/mol. The van der Waals surface area contributed by atoms with Gasteiger partial charge in [-0.05, 0) is 40.0 Å². The summed E-state index contributed by atoms with van der Waals surface area (Å²) in [5, 5.41) is 0. The number of rotatable bonds is 44. The molecule has 0 aliphatic carbocycles. The average molecular weight is 849 g/mol. The van der Waals surface area contributed by atoms with E-state index >= 15 is 0 Å². The van der Waals surface area contributed by atoms with E-state index in [9.17, 15) is 14.4 Å². The van der Waals surface area contributed by atoms with Crippen LogP contribution in [0.5, 0.6) is 0 Å². The number of hydrogen-bond acceptors (Lipinski definition) is 9. The van der Waals surface area contributed by atoms with Crippen molar-refractivity contribution in [3.05, 3.63) is 36.5 Å². The normalized spacial score (nSPS) is 13.3. The standard InChI is InChI=1S/C51H92O9/c1-10-13-16-19-22-25-28-31-34-37-46(58-49(52)42(4)5)55-40-45(57-48(60-51(54)44(8)9)39-36-33-30-27-24-21-18-15-12-3)41-56-47(59-50(53)43(6)7)38-35-32-29-26-23-20-17-14-11-2/h45-48H,4,6,8,10-41H2,1-3,5,7,9H3. The Bertz CT molecular complexity index is 1060. The minimum atomic E-state index is -0.876. The molecule has 0 radical (unpaired) electrons. The number of esters is 3. The second-order valence-corrected chi connectivity index (χ2v) is 17.1. The van der Waals surface area contributed by atoms with Gasteiger partial charge in [-0.25, -0.2) is 14.4 Å². The first-order valence-corrected chi connectivity index (χ1v) is 24.4. The highest BCUT2D eigenvalue weighted by atomic mass is 16.7. The monoisotopic (exact) mass is 849 g/mol. The van der Waals surface area contributed by atoms with Gasteiger partial charge in [-0.15, -0.1) is 0 Å². The van der Waals surface area contributed by atoms with Gasteiger partial charge in [0.05, 0.1) is 13.2 Å². The summed E-state index contributed by atoms with van der Waals surface area (Å²) >= 11 is 0. The minimum absolute atomic E-state index is 0.0103. The molecule has 350 valence electrons. The molecule has 0 aromatic heterocycles. The van der Waals surface area contributed by atoms with Crippen LogP contribution in [0.15, 0.2) is 36.5 Å². The maximum absolute atomic E-state index is 12.8. The van der Waals surface area contributed by atoms with E-state index < -0.39 is 42.9 Å². The van der Waals surface area contributed by atoms with E-state index in [1.54, 1.807) is 20.8 Å². The van der Waals surface area contributed by atoms with E-state index in [4.69, 9.17) is 28.4 Å². The lowest BCUT2D eigenvalue weighted by molar-refractivity contribution is -0.231. The van der Waals surface area contributed by atoms with Crippen molar-refractivity contribution in [2.45, 2.75) is 259 Å². The van der Waals surface area contributed by atoms with Crippen molar-refractivity contribution in [3.8, 4) is 0 Å². The minimum Gasteiger partial charge on any atom is -0.432 e. The summed E-state index contributed by atoms with van der Waals surface area (Å²) in [6, 6.07) is 0. The molecule has 0 N–H and O–H groups in total. The van der Waals surface area contributed by atoms with Gasteiger partial charge in [-0.3, -0.25) is 0 Å². The fourth-order valence-corrected chi connectivity index (χ4v) is 6.80. The molecule has 0 aromatic carbocycles. The molecule has 0 saturated carbocycles. The van der Waals surface area contributed by atoms with Crippen LogP contribution in [0.25, 0.3) is 0 Å². The molecule has 9 nitrogen and oxygen atoms in total. The molecule has 60 heavy (non-hydrogen) atoms. The quantitative estimate of drug-likeness (QED) is 0.0195. The Morgan fingerprint density at radius 1 is 0.367 bits per heavy atom. The van der Waals surface area contributed by atoms with Gasteiger partial charge in [0.1, 0.15) is 6.10 Å². The molecule has 0 rings (SSSR count). The number of unbranched alkanes of at least 4 members (excludes halogenated alkanes) is 24. The Balaban J connectivity index is 5.91. The lowest BCUT2D eigenvalue weighted by atomic mass is 10.1. The zero-order valence-corrected chi connectivity index (χ0v) is 39.7. The molecule has 3 atom stereocenters. The van der Waals surface area contributed by atoms with Crippen molar-refractivity contribution in [1.29, 1.82) is 0 Å². The Labute approximate surface area is 368 Å². The molecule has 0 saturated heterocycles. The molecule has 0 heterocycles. The van der Waals surface area contributed by atoms with E-state index in [0.717, 1.165) is 57.8 Å². The van der Waals surface area contributed by atoms with Crippen LogP contribution in [-0.2, 0) is 42.8 Å². The van der Waals surface area contributed by atoms with Crippen molar-refractivity contribution >= 4 is 17.9 Å². The SMILES string of the molecule is C=C(C)C(=O)OC(CCCCCCCCCCC)OCC(COC(CCCCCCCCCCC)OC(=O)C(=C)C)OC(CCCCCCCCCCC)OC(=O)C(=C)C.